The first-order valence-corrected chi connectivity index (χ1v) is 8.80. The highest BCUT2D eigenvalue weighted by Gasteiger charge is 2.17. The minimum absolute atomic E-state index is 0.0785. The molecule has 0 aliphatic heterocycles. The molecule has 3 rings (SSSR count). The van der Waals surface area contributed by atoms with E-state index in [9.17, 15) is 14.0 Å². The van der Waals surface area contributed by atoms with Gasteiger partial charge in [-0.05, 0) is 42.8 Å². The largest absolute Gasteiger partial charge is 0.451 e. The van der Waals surface area contributed by atoms with Crippen LogP contribution < -0.4 is 10.6 Å². The molecule has 0 atom stereocenters. The fourth-order valence-electron chi connectivity index (χ4n) is 2.76. The smallest absolute Gasteiger partial charge is 0.287 e. The van der Waals surface area contributed by atoms with Crippen molar-refractivity contribution < 1.29 is 18.4 Å². The molecule has 140 valence electrons. The van der Waals surface area contributed by atoms with Crippen LogP contribution in [0.25, 0.3) is 11.0 Å². The van der Waals surface area contributed by atoms with Crippen LogP contribution in [0, 0.1) is 12.7 Å². The Morgan fingerprint density at radius 3 is 2.67 bits per heavy atom. The SMILES string of the molecule is Cc1c(C(=O)NCCNC(=O)Cc2cccc(F)c2)oc2ccc(Cl)cc12. The van der Waals surface area contributed by atoms with Crippen molar-refractivity contribution in [3.05, 3.63) is 70.2 Å². The predicted molar refractivity (Wildman–Crippen MR) is 101 cm³/mol. The lowest BCUT2D eigenvalue weighted by molar-refractivity contribution is -0.120. The van der Waals surface area contributed by atoms with Gasteiger partial charge in [0.25, 0.3) is 5.91 Å². The van der Waals surface area contributed by atoms with Crippen LogP contribution in [-0.2, 0) is 11.2 Å². The first kappa shape index (κ1) is 18.9. The summed E-state index contributed by atoms with van der Waals surface area (Å²) in [6.45, 7) is 2.29. The second kappa shape index (κ2) is 8.22. The van der Waals surface area contributed by atoms with Gasteiger partial charge in [-0.3, -0.25) is 9.59 Å². The van der Waals surface area contributed by atoms with E-state index in [1.54, 1.807) is 37.3 Å². The fourth-order valence-corrected chi connectivity index (χ4v) is 2.93. The topological polar surface area (TPSA) is 71.3 Å². The molecule has 0 aliphatic rings. The monoisotopic (exact) mass is 388 g/mol. The lowest BCUT2D eigenvalue weighted by Gasteiger charge is -2.07. The molecule has 0 bridgehead atoms. The second-order valence-electron chi connectivity index (χ2n) is 6.11. The van der Waals surface area contributed by atoms with E-state index in [1.807, 2.05) is 0 Å². The third-order valence-corrected chi connectivity index (χ3v) is 4.33. The van der Waals surface area contributed by atoms with Gasteiger partial charge in [0, 0.05) is 29.1 Å². The number of rotatable bonds is 6. The van der Waals surface area contributed by atoms with Crippen LogP contribution in [0.2, 0.25) is 5.02 Å². The molecule has 1 aromatic heterocycles. The first-order valence-electron chi connectivity index (χ1n) is 8.42. The average Bonchev–Trinajstić information content (AvgIpc) is 2.95. The number of nitrogens with one attached hydrogen (secondary N) is 2. The van der Waals surface area contributed by atoms with Gasteiger partial charge in [0.15, 0.2) is 5.76 Å². The Morgan fingerprint density at radius 1 is 1.11 bits per heavy atom. The second-order valence-corrected chi connectivity index (χ2v) is 6.55. The molecule has 1 heterocycles. The number of carbonyl (C=O) groups excluding carboxylic acids is 2. The highest BCUT2D eigenvalue weighted by molar-refractivity contribution is 6.31. The lowest BCUT2D eigenvalue weighted by Crippen LogP contribution is -2.35. The number of furan rings is 1. The van der Waals surface area contributed by atoms with Gasteiger partial charge in [-0.25, -0.2) is 4.39 Å². The van der Waals surface area contributed by atoms with E-state index in [1.165, 1.54) is 12.1 Å². The molecule has 0 unspecified atom stereocenters. The number of carbonyl (C=O) groups is 2. The molecule has 0 aliphatic carbocycles. The van der Waals surface area contributed by atoms with Crippen molar-refractivity contribution >= 4 is 34.4 Å². The number of benzene rings is 2. The van der Waals surface area contributed by atoms with Crippen LogP contribution in [0.1, 0.15) is 21.7 Å². The zero-order valence-electron chi connectivity index (χ0n) is 14.6. The fraction of sp³-hybridized carbons (Fsp3) is 0.200. The summed E-state index contributed by atoms with van der Waals surface area (Å²) in [5.41, 5.74) is 1.89. The Labute approximate surface area is 160 Å². The molecule has 0 saturated carbocycles. The number of aryl methyl sites for hydroxylation is 1. The van der Waals surface area contributed by atoms with Crippen molar-refractivity contribution in [1.29, 1.82) is 0 Å². The molecule has 0 saturated heterocycles. The summed E-state index contributed by atoms with van der Waals surface area (Å²) in [7, 11) is 0. The van der Waals surface area contributed by atoms with Gasteiger partial charge in [0.2, 0.25) is 5.91 Å². The van der Waals surface area contributed by atoms with Crippen LogP contribution in [0.5, 0.6) is 0 Å². The predicted octanol–water partition coefficient (Wildman–Crippen LogP) is 3.62. The highest BCUT2D eigenvalue weighted by atomic mass is 35.5. The van der Waals surface area contributed by atoms with Crippen molar-refractivity contribution in [3.63, 3.8) is 0 Å². The molecule has 2 amide bonds. The van der Waals surface area contributed by atoms with Crippen LogP contribution >= 0.6 is 11.6 Å². The summed E-state index contributed by atoms with van der Waals surface area (Å²) < 4.78 is 18.7. The van der Waals surface area contributed by atoms with Crippen LogP contribution in [0.15, 0.2) is 46.9 Å². The van der Waals surface area contributed by atoms with Crippen LogP contribution in [0.3, 0.4) is 0 Å². The minimum atomic E-state index is -0.380. The molecule has 0 radical (unpaired) electrons. The van der Waals surface area contributed by atoms with Gasteiger partial charge >= 0.3 is 0 Å². The Hall–Kier alpha value is -2.86. The van der Waals surface area contributed by atoms with Gasteiger partial charge < -0.3 is 15.1 Å². The third kappa shape index (κ3) is 4.65. The van der Waals surface area contributed by atoms with E-state index in [-0.39, 0.29) is 42.9 Å². The summed E-state index contributed by atoms with van der Waals surface area (Å²) in [5, 5.41) is 6.74. The van der Waals surface area contributed by atoms with E-state index >= 15 is 0 Å². The molecule has 2 N–H and O–H groups in total. The molecule has 2 aromatic carbocycles. The van der Waals surface area contributed by atoms with Gasteiger partial charge in [-0.1, -0.05) is 23.7 Å². The van der Waals surface area contributed by atoms with Crippen molar-refractivity contribution in [2.45, 2.75) is 13.3 Å². The van der Waals surface area contributed by atoms with E-state index in [0.717, 1.165) is 5.39 Å². The van der Waals surface area contributed by atoms with Crippen molar-refractivity contribution in [3.8, 4) is 0 Å². The molecular weight excluding hydrogens is 371 g/mol. The maximum Gasteiger partial charge on any atom is 0.287 e. The molecule has 5 nitrogen and oxygen atoms in total. The summed E-state index contributed by atoms with van der Waals surface area (Å²) >= 11 is 5.97. The number of fused-ring (bicyclic) bond motifs is 1. The number of amides is 2. The first-order chi connectivity index (χ1) is 12.9. The quantitative estimate of drug-likeness (QED) is 0.633. The number of hydrogen-bond donors (Lipinski definition) is 2. The Bertz CT molecular complexity index is 1000. The maximum absolute atomic E-state index is 13.1. The zero-order valence-corrected chi connectivity index (χ0v) is 15.4. The van der Waals surface area contributed by atoms with E-state index in [0.29, 0.717) is 21.7 Å². The van der Waals surface area contributed by atoms with E-state index in [4.69, 9.17) is 16.0 Å². The van der Waals surface area contributed by atoms with Crippen molar-refractivity contribution in [2.75, 3.05) is 13.1 Å². The van der Waals surface area contributed by atoms with Gasteiger partial charge in [0.1, 0.15) is 11.4 Å². The van der Waals surface area contributed by atoms with Crippen LogP contribution in [0.4, 0.5) is 4.39 Å². The average molecular weight is 389 g/mol. The maximum atomic E-state index is 13.1. The van der Waals surface area contributed by atoms with Gasteiger partial charge in [-0.2, -0.15) is 0 Å². The number of hydrogen-bond acceptors (Lipinski definition) is 3. The standard InChI is InChI=1S/C20H18ClFN2O3/c1-12-16-11-14(21)5-6-17(16)27-19(12)20(26)24-8-7-23-18(25)10-13-3-2-4-15(22)9-13/h2-6,9,11H,7-8,10H2,1H3,(H,23,25)(H,24,26). The minimum Gasteiger partial charge on any atom is -0.451 e. The summed E-state index contributed by atoms with van der Waals surface area (Å²) in [6, 6.07) is 11.0. The normalized spacial score (nSPS) is 10.8. The van der Waals surface area contributed by atoms with Crippen LogP contribution in [-0.4, -0.2) is 24.9 Å². The summed E-state index contributed by atoms with van der Waals surface area (Å²) in [4.78, 5) is 24.2. The lowest BCUT2D eigenvalue weighted by atomic mass is 10.1. The van der Waals surface area contributed by atoms with E-state index < -0.39 is 0 Å². The molecule has 27 heavy (non-hydrogen) atoms. The Morgan fingerprint density at radius 2 is 1.89 bits per heavy atom. The van der Waals surface area contributed by atoms with Crippen molar-refractivity contribution in [1.82, 2.24) is 10.6 Å². The Balaban J connectivity index is 1.50. The summed E-state index contributed by atoms with van der Waals surface area (Å²) in [6.07, 6.45) is 0.0785. The molecule has 3 aromatic rings. The molecule has 0 fully saturated rings. The van der Waals surface area contributed by atoms with E-state index in [2.05, 4.69) is 10.6 Å². The summed E-state index contributed by atoms with van der Waals surface area (Å²) in [5.74, 6) is -0.767. The third-order valence-electron chi connectivity index (χ3n) is 4.09. The van der Waals surface area contributed by atoms with Gasteiger partial charge in [-0.15, -0.1) is 0 Å². The van der Waals surface area contributed by atoms with Crippen molar-refractivity contribution in [2.24, 2.45) is 0 Å². The Kier molecular flexibility index (Phi) is 5.76. The molecular formula is C20H18ClFN2O3. The molecule has 7 heteroatoms. The molecule has 0 spiro atoms. The zero-order chi connectivity index (χ0) is 19.4. The highest BCUT2D eigenvalue weighted by Crippen LogP contribution is 2.27. The number of halogens is 2. The van der Waals surface area contributed by atoms with Gasteiger partial charge in [0.05, 0.1) is 6.42 Å².